The minimum Gasteiger partial charge on any atom is -0.481 e. The number of aromatic nitrogens is 2. The van der Waals surface area contributed by atoms with Gasteiger partial charge in [-0.1, -0.05) is 12.2 Å². The van der Waals surface area contributed by atoms with Crippen LogP contribution in [0.1, 0.15) is 29.0 Å². The standard InChI is InChI=1S/C13H16N2O3/c1-8-7-9(2)15(14-8)12(16)10-5-3-4-6-11(10)13(17)18/h3-4,7,10-11H,5-6H2,1-2H3,(H,17,18)/t10-,11-/m0/s1. The van der Waals surface area contributed by atoms with E-state index < -0.39 is 17.8 Å². The molecule has 5 nitrogen and oxygen atoms in total. The number of carboxylic acids is 1. The fourth-order valence-electron chi connectivity index (χ4n) is 2.37. The number of allylic oxidation sites excluding steroid dienone is 2. The van der Waals surface area contributed by atoms with Gasteiger partial charge in [-0.05, 0) is 32.8 Å². The highest BCUT2D eigenvalue weighted by atomic mass is 16.4. The number of carbonyl (C=O) groups excluding carboxylic acids is 1. The van der Waals surface area contributed by atoms with Gasteiger partial charge < -0.3 is 5.11 Å². The molecule has 2 atom stereocenters. The largest absolute Gasteiger partial charge is 0.481 e. The van der Waals surface area contributed by atoms with Gasteiger partial charge in [-0.3, -0.25) is 9.59 Å². The van der Waals surface area contributed by atoms with Gasteiger partial charge in [-0.25, -0.2) is 4.68 Å². The molecule has 0 aliphatic heterocycles. The van der Waals surface area contributed by atoms with Crippen molar-refractivity contribution in [2.24, 2.45) is 11.8 Å². The minimum absolute atomic E-state index is 0.225. The third-order valence-corrected chi connectivity index (χ3v) is 3.29. The van der Waals surface area contributed by atoms with E-state index in [-0.39, 0.29) is 5.91 Å². The van der Waals surface area contributed by atoms with E-state index in [0.717, 1.165) is 11.4 Å². The third-order valence-electron chi connectivity index (χ3n) is 3.29. The summed E-state index contributed by atoms with van der Waals surface area (Å²) in [5, 5.41) is 13.3. The summed E-state index contributed by atoms with van der Waals surface area (Å²) >= 11 is 0. The van der Waals surface area contributed by atoms with Crippen LogP contribution in [0.3, 0.4) is 0 Å². The predicted molar refractivity (Wildman–Crippen MR) is 65.3 cm³/mol. The zero-order valence-corrected chi connectivity index (χ0v) is 10.5. The van der Waals surface area contributed by atoms with Crippen LogP contribution in [0.2, 0.25) is 0 Å². The summed E-state index contributed by atoms with van der Waals surface area (Å²) in [7, 11) is 0. The number of carbonyl (C=O) groups is 2. The lowest BCUT2D eigenvalue weighted by molar-refractivity contribution is -0.143. The maximum absolute atomic E-state index is 12.4. The van der Waals surface area contributed by atoms with E-state index in [1.54, 1.807) is 6.92 Å². The number of hydrogen-bond acceptors (Lipinski definition) is 3. The van der Waals surface area contributed by atoms with E-state index in [1.807, 2.05) is 25.1 Å². The quantitative estimate of drug-likeness (QED) is 0.810. The molecular formula is C13H16N2O3. The van der Waals surface area contributed by atoms with E-state index in [0.29, 0.717) is 12.8 Å². The number of nitrogens with zero attached hydrogens (tertiary/aromatic N) is 2. The third kappa shape index (κ3) is 2.20. The molecule has 0 fully saturated rings. The summed E-state index contributed by atoms with van der Waals surface area (Å²) in [6.07, 6.45) is 4.57. The normalized spacial score (nSPS) is 23.0. The SMILES string of the molecule is Cc1cc(C)n(C(=O)[C@H]2CC=CC[C@@H]2C(=O)O)n1. The van der Waals surface area contributed by atoms with Crippen LogP contribution in [-0.2, 0) is 4.79 Å². The molecule has 2 rings (SSSR count). The molecule has 0 aromatic carbocycles. The van der Waals surface area contributed by atoms with E-state index in [4.69, 9.17) is 5.11 Å². The van der Waals surface area contributed by atoms with Gasteiger partial charge in [0.2, 0.25) is 0 Å². The zero-order valence-electron chi connectivity index (χ0n) is 10.5. The van der Waals surface area contributed by atoms with Crippen molar-refractivity contribution in [1.82, 2.24) is 9.78 Å². The van der Waals surface area contributed by atoms with Crippen molar-refractivity contribution < 1.29 is 14.7 Å². The topological polar surface area (TPSA) is 72.2 Å². The molecule has 18 heavy (non-hydrogen) atoms. The lowest BCUT2D eigenvalue weighted by Gasteiger charge is -2.23. The Hall–Kier alpha value is -1.91. The van der Waals surface area contributed by atoms with Gasteiger partial charge in [0.05, 0.1) is 17.5 Å². The lowest BCUT2D eigenvalue weighted by atomic mass is 9.82. The van der Waals surface area contributed by atoms with Crippen LogP contribution >= 0.6 is 0 Å². The minimum atomic E-state index is -0.917. The first kappa shape index (κ1) is 12.5. The summed E-state index contributed by atoms with van der Waals surface area (Å²) in [6.45, 7) is 3.61. The molecule has 1 aromatic heterocycles. The highest BCUT2D eigenvalue weighted by molar-refractivity contribution is 5.87. The van der Waals surface area contributed by atoms with Crippen LogP contribution in [0.5, 0.6) is 0 Å². The molecule has 5 heteroatoms. The maximum atomic E-state index is 12.4. The molecule has 1 N–H and O–H groups in total. The monoisotopic (exact) mass is 248 g/mol. The number of carboxylic acid groups (broad SMARTS) is 1. The molecule has 0 radical (unpaired) electrons. The number of rotatable bonds is 2. The summed E-state index contributed by atoms with van der Waals surface area (Å²) in [5.41, 5.74) is 1.51. The lowest BCUT2D eigenvalue weighted by Crippen LogP contribution is -2.35. The van der Waals surface area contributed by atoms with Crippen molar-refractivity contribution in [1.29, 1.82) is 0 Å². The molecule has 1 heterocycles. The Balaban J connectivity index is 2.30. The number of aliphatic carboxylic acids is 1. The van der Waals surface area contributed by atoms with Crippen LogP contribution in [-0.4, -0.2) is 26.8 Å². The molecule has 1 aliphatic rings. The fraction of sp³-hybridized carbons (Fsp3) is 0.462. The van der Waals surface area contributed by atoms with Crippen LogP contribution in [0, 0.1) is 25.7 Å². The highest BCUT2D eigenvalue weighted by Crippen LogP contribution is 2.27. The van der Waals surface area contributed by atoms with Crippen molar-refractivity contribution >= 4 is 11.9 Å². The average Bonchev–Trinajstić information content (AvgIpc) is 2.67. The molecule has 0 bridgehead atoms. The van der Waals surface area contributed by atoms with E-state index >= 15 is 0 Å². The number of aryl methyl sites for hydroxylation is 2. The van der Waals surface area contributed by atoms with Crippen molar-refractivity contribution in [3.63, 3.8) is 0 Å². The van der Waals surface area contributed by atoms with E-state index in [1.165, 1.54) is 4.68 Å². The molecule has 1 aromatic rings. The van der Waals surface area contributed by atoms with Gasteiger partial charge in [0.1, 0.15) is 0 Å². The Labute approximate surface area is 105 Å². The second-order valence-corrected chi connectivity index (χ2v) is 4.67. The van der Waals surface area contributed by atoms with E-state index in [2.05, 4.69) is 5.10 Å². The van der Waals surface area contributed by atoms with Gasteiger partial charge in [-0.15, -0.1) is 0 Å². The summed E-state index contributed by atoms with van der Waals surface area (Å²) < 4.78 is 1.33. The van der Waals surface area contributed by atoms with Gasteiger partial charge in [0.15, 0.2) is 0 Å². The summed E-state index contributed by atoms with van der Waals surface area (Å²) in [6, 6.07) is 1.81. The van der Waals surface area contributed by atoms with Crippen LogP contribution < -0.4 is 0 Å². The molecule has 96 valence electrons. The number of hydrogen-bond donors (Lipinski definition) is 1. The Bertz CT molecular complexity index is 516. The Kier molecular flexibility index (Phi) is 3.32. The first-order valence-electron chi connectivity index (χ1n) is 5.96. The van der Waals surface area contributed by atoms with Crippen LogP contribution in [0.15, 0.2) is 18.2 Å². The Morgan fingerprint density at radius 2 is 1.89 bits per heavy atom. The molecule has 0 saturated heterocycles. The van der Waals surface area contributed by atoms with Gasteiger partial charge >= 0.3 is 5.97 Å². The molecule has 0 saturated carbocycles. The average molecular weight is 248 g/mol. The first-order valence-corrected chi connectivity index (χ1v) is 5.96. The predicted octanol–water partition coefficient (Wildman–Crippen LogP) is 1.81. The Morgan fingerprint density at radius 1 is 1.28 bits per heavy atom. The van der Waals surface area contributed by atoms with Gasteiger partial charge in [0.25, 0.3) is 5.91 Å². The van der Waals surface area contributed by atoms with Crippen LogP contribution in [0.4, 0.5) is 0 Å². The molecule has 0 amide bonds. The zero-order chi connectivity index (χ0) is 13.3. The van der Waals surface area contributed by atoms with Crippen molar-refractivity contribution in [3.8, 4) is 0 Å². The first-order chi connectivity index (χ1) is 8.50. The molecular weight excluding hydrogens is 232 g/mol. The summed E-state index contributed by atoms with van der Waals surface area (Å²) in [5.74, 6) is -2.31. The van der Waals surface area contributed by atoms with Crippen LogP contribution in [0.25, 0.3) is 0 Å². The molecule has 0 unspecified atom stereocenters. The van der Waals surface area contributed by atoms with E-state index in [9.17, 15) is 9.59 Å². The highest BCUT2D eigenvalue weighted by Gasteiger charge is 2.35. The Morgan fingerprint density at radius 3 is 2.39 bits per heavy atom. The fourth-order valence-corrected chi connectivity index (χ4v) is 2.37. The van der Waals surface area contributed by atoms with Crippen molar-refractivity contribution in [2.75, 3.05) is 0 Å². The van der Waals surface area contributed by atoms with Crippen molar-refractivity contribution in [3.05, 3.63) is 29.6 Å². The summed E-state index contributed by atoms with van der Waals surface area (Å²) in [4.78, 5) is 23.5. The molecule has 0 spiro atoms. The van der Waals surface area contributed by atoms with Crippen molar-refractivity contribution in [2.45, 2.75) is 26.7 Å². The smallest absolute Gasteiger partial charge is 0.307 e. The second kappa shape index (κ2) is 4.76. The maximum Gasteiger partial charge on any atom is 0.307 e. The van der Waals surface area contributed by atoms with Gasteiger partial charge in [-0.2, -0.15) is 5.10 Å². The van der Waals surface area contributed by atoms with Gasteiger partial charge in [0, 0.05) is 5.69 Å². The molecule has 1 aliphatic carbocycles. The second-order valence-electron chi connectivity index (χ2n) is 4.67.